The molecule has 0 saturated carbocycles. The van der Waals surface area contributed by atoms with Crippen LogP contribution < -0.4 is 11.1 Å². The van der Waals surface area contributed by atoms with Crippen molar-refractivity contribution >= 4 is 11.6 Å². The summed E-state index contributed by atoms with van der Waals surface area (Å²) in [7, 11) is 0. The smallest absolute Gasteiger partial charge is 0.241 e. The van der Waals surface area contributed by atoms with Gasteiger partial charge in [0.1, 0.15) is 0 Å². The zero-order chi connectivity index (χ0) is 12.3. The van der Waals surface area contributed by atoms with E-state index in [2.05, 4.69) is 10.4 Å². The van der Waals surface area contributed by atoms with E-state index in [0.29, 0.717) is 5.69 Å². The van der Waals surface area contributed by atoms with Crippen LogP contribution in [0, 0.1) is 5.92 Å². The number of nitrogens with zero attached hydrogens (tertiary/aromatic N) is 2. The van der Waals surface area contributed by atoms with Crippen molar-refractivity contribution in [2.75, 3.05) is 5.32 Å². The molecule has 5 heteroatoms. The Bertz CT molecular complexity index is 357. The van der Waals surface area contributed by atoms with E-state index in [0.717, 1.165) is 0 Å². The lowest BCUT2D eigenvalue weighted by atomic mass is 10.1. The van der Waals surface area contributed by atoms with Gasteiger partial charge in [-0.05, 0) is 19.8 Å². The quantitative estimate of drug-likeness (QED) is 0.811. The van der Waals surface area contributed by atoms with Crippen molar-refractivity contribution in [3.8, 4) is 0 Å². The Balaban J connectivity index is 2.63. The molecule has 0 saturated heterocycles. The van der Waals surface area contributed by atoms with Gasteiger partial charge in [0, 0.05) is 12.2 Å². The Morgan fingerprint density at radius 2 is 2.06 bits per heavy atom. The maximum Gasteiger partial charge on any atom is 0.241 e. The molecule has 1 aromatic rings. The molecule has 0 fully saturated rings. The van der Waals surface area contributed by atoms with Crippen molar-refractivity contribution in [3.63, 3.8) is 0 Å². The Labute approximate surface area is 96.0 Å². The minimum Gasteiger partial charge on any atom is -0.322 e. The topological polar surface area (TPSA) is 72.9 Å². The highest BCUT2D eigenvalue weighted by Gasteiger charge is 2.17. The number of hydrogen-bond acceptors (Lipinski definition) is 3. The van der Waals surface area contributed by atoms with Crippen LogP contribution in [0.25, 0.3) is 0 Å². The lowest BCUT2D eigenvalue weighted by Crippen LogP contribution is -2.39. The molecule has 16 heavy (non-hydrogen) atoms. The fourth-order valence-electron chi connectivity index (χ4n) is 1.21. The van der Waals surface area contributed by atoms with Crippen molar-refractivity contribution in [2.45, 2.75) is 39.8 Å². The van der Waals surface area contributed by atoms with E-state index in [4.69, 9.17) is 5.73 Å². The number of amides is 1. The summed E-state index contributed by atoms with van der Waals surface area (Å²) in [5, 5.41) is 6.89. The van der Waals surface area contributed by atoms with E-state index in [1.807, 2.05) is 27.7 Å². The molecule has 90 valence electrons. The van der Waals surface area contributed by atoms with Gasteiger partial charge in [0.2, 0.25) is 5.91 Å². The van der Waals surface area contributed by atoms with Crippen LogP contribution in [0.3, 0.4) is 0 Å². The number of anilines is 1. The zero-order valence-corrected chi connectivity index (χ0v) is 10.3. The molecule has 1 atom stereocenters. The van der Waals surface area contributed by atoms with E-state index in [1.165, 1.54) is 0 Å². The van der Waals surface area contributed by atoms with Crippen LogP contribution in [0.4, 0.5) is 5.69 Å². The Morgan fingerprint density at radius 3 is 2.50 bits per heavy atom. The maximum atomic E-state index is 11.7. The highest BCUT2D eigenvalue weighted by atomic mass is 16.2. The SMILES string of the molecule is CC(C)[C@H](N)C(=O)Nc1cnn(C(C)C)c1. The molecule has 0 radical (unpaired) electrons. The average Bonchev–Trinajstić information content (AvgIpc) is 2.64. The standard InChI is InChI=1S/C11H20N4O/c1-7(2)10(12)11(16)14-9-5-13-15(6-9)8(3)4/h5-8,10H,12H2,1-4H3,(H,14,16)/t10-/m0/s1. The molecular weight excluding hydrogens is 204 g/mol. The summed E-state index contributed by atoms with van der Waals surface area (Å²) >= 11 is 0. The van der Waals surface area contributed by atoms with Gasteiger partial charge in [-0.25, -0.2) is 0 Å². The molecule has 0 aliphatic carbocycles. The van der Waals surface area contributed by atoms with Crippen molar-refractivity contribution in [2.24, 2.45) is 11.7 Å². The summed E-state index contributed by atoms with van der Waals surface area (Å²) in [5.74, 6) is -0.0431. The monoisotopic (exact) mass is 224 g/mol. The van der Waals surface area contributed by atoms with E-state index in [9.17, 15) is 4.79 Å². The second kappa shape index (κ2) is 5.12. The van der Waals surface area contributed by atoms with Gasteiger partial charge in [-0.2, -0.15) is 5.10 Å². The minimum absolute atomic E-state index is 0.125. The van der Waals surface area contributed by atoms with Crippen LogP contribution >= 0.6 is 0 Å². The number of nitrogens with two attached hydrogens (primary N) is 1. The van der Waals surface area contributed by atoms with Crippen molar-refractivity contribution in [3.05, 3.63) is 12.4 Å². The number of nitrogens with one attached hydrogen (secondary N) is 1. The molecule has 1 rings (SSSR count). The average molecular weight is 224 g/mol. The Kier molecular flexibility index (Phi) is 4.06. The maximum absolute atomic E-state index is 11.7. The summed E-state index contributed by atoms with van der Waals surface area (Å²) in [6.07, 6.45) is 3.43. The lowest BCUT2D eigenvalue weighted by molar-refractivity contribution is -0.118. The van der Waals surface area contributed by atoms with Gasteiger partial charge >= 0.3 is 0 Å². The van der Waals surface area contributed by atoms with Gasteiger partial charge in [0.05, 0.1) is 17.9 Å². The van der Waals surface area contributed by atoms with Crippen molar-refractivity contribution in [1.82, 2.24) is 9.78 Å². The van der Waals surface area contributed by atoms with E-state index >= 15 is 0 Å². The third kappa shape index (κ3) is 3.06. The second-order valence-corrected chi connectivity index (χ2v) is 4.56. The molecule has 0 bridgehead atoms. The lowest BCUT2D eigenvalue weighted by Gasteiger charge is -2.14. The molecule has 0 aliphatic rings. The largest absolute Gasteiger partial charge is 0.322 e. The first-order valence-electron chi connectivity index (χ1n) is 5.52. The number of carbonyl (C=O) groups excluding carboxylic acids is 1. The van der Waals surface area contributed by atoms with Gasteiger partial charge in [-0.1, -0.05) is 13.8 Å². The van der Waals surface area contributed by atoms with Crippen LogP contribution in [-0.4, -0.2) is 21.7 Å². The van der Waals surface area contributed by atoms with Crippen LogP contribution in [-0.2, 0) is 4.79 Å². The van der Waals surface area contributed by atoms with Crippen LogP contribution in [0.1, 0.15) is 33.7 Å². The zero-order valence-electron chi connectivity index (χ0n) is 10.3. The molecule has 1 aromatic heterocycles. The minimum atomic E-state index is -0.484. The third-order valence-electron chi connectivity index (χ3n) is 2.42. The predicted molar refractivity (Wildman–Crippen MR) is 64.1 cm³/mol. The Hall–Kier alpha value is -1.36. The van der Waals surface area contributed by atoms with Gasteiger partial charge in [-0.15, -0.1) is 0 Å². The molecule has 0 spiro atoms. The summed E-state index contributed by atoms with van der Waals surface area (Å²) in [6, 6.07) is -0.202. The Morgan fingerprint density at radius 1 is 1.44 bits per heavy atom. The number of hydrogen-bond donors (Lipinski definition) is 2. The molecule has 0 aromatic carbocycles. The van der Waals surface area contributed by atoms with Crippen molar-refractivity contribution < 1.29 is 4.79 Å². The first-order valence-corrected chi connectivity index (χ1v) is 5.52. The van der Waals surface area contributed by atoms with Crippen LogP contribution in [0.15, 0.2) is 12.4 Å². The molecular formula is C11H20N4O. The molecule has 0 aliphatic heterocycles. The molecule has 5 nitrogen and oxygen atoms in total. The van der Waals surface area contributed by atoms with E-state index in [1.54, 1.807) is 17.1 Å². The first-order chi connectivity index (χ1) is 7.41. The first kappa shape index (κ1) is 12.7. The number of aromatic nitrogens is 2. The van der Waals surface area contributed by atoms with Crippen LogP contribution in [0.2, 0.25) is 0 Å². The molecule has 3 N–H and O–H groups in total. The third-order valence-corrected chi connectivity index (χ3v) is 2.42. The summed E-state index contributed by atoms with van der Waals surface area (Å²) in [4.78, 5) is 11.7. The molecule has 0 unspecified atom stereocenters. The van der Waals surface area contributed by atoms with Gasteiger partial charge in [0.25, 0.3) is 0 Å². The fraction of sp³-hybridized carbons (Fsp3) is 0.636. The normalized spacial score (nSPS) is 13.2. The summed E-state index contributed by atoms with van der Waals surface area (Å²) in [6.45, 7) is 7.89. The van der Waals surface area contributed by atoms with Crippen LogP contribution in [0.5, 0.6) is 0 Å². The van der Waals surface area contributed by atoms with Gasteiger partial charge < -0.3 is 11.1 Å². The number of rotatable bonds is 4. The summed E-state index contributed by atoms with van der Waals surface area (Å²) < 4.78 is 1.79. The van der Waals surface area contributed by atoms with Gasteiger partial charge in [0.15, 0.2) is 0 Å². The molecule has 1 heterocycles. The summed E-state index contributed by atoms with van der Waals surface area (Å²) in [5.41, 5.74) is 6.42. The highest BCUT2D eigenvalue weighted by molar-refractivity contribution is 5.94. The second-order valence-electron chi connectivity index (χ2n) is 4.56. The predicted octanol–water partition coefficient (Wildman–Crippen LogP) is 1.39. The van der Waals surface area contributed by atoms with E-state index in [-0.39, 0.29) is 17.9 Å². The number of carbonyl (C=O) groups is 1. The van der Waals surface area contributed by atoms with Gasteiger partial charge in [-0.3, -0.25) is 9.48 Å². The molecule has 1 amide bonds. The highest BCUT2D eigenvalue weighted by Crippen LogP contribution is 2.11. The fourth-order valence-corrected chi connectivity index (χ4v) is 1.21. The van der Waals surface area contributed by atoms with Crippen molar-refractivity contribution in [1.29, 1.82) is 0 Å². The van der Waals surface area contributed by atoms with E-state index < -0.39 is 6.04 Å².